The average Bonchev–Trinajstić information content (AvgIpc) is 2.01. The van der Waals surface area contributed by atoms with Crippen molar-refractivity contribution < 1.29 is 13.2 Å². The molecule has 6 heteroatoms. The summed E-state index contributed by atoms with van der Waals surface area (Å²) in [5.41, 5.74) is -4.09. The Morgan fingerprint density at radius 3 is 2.38 bits per heavy atom. The van der Waals surface area contributed by atoms with Crippen LogP contribution in [0.2, 0.25) is 0 Å². The molecule has 0 amide bonds. The van der Waals surface area contributed by atoms with Gasteiger partial charge in [0.2, 0.25) is 0 Å². The van der Waals surface area contributed by atoms with Crippen molar-refractivity contribution in [3.05, 3.63) is 0 Å². The molecule has 1 nitrogen and oxygen atoms in total. The standard InChI is InChI=1S/C7H13BrF3NS/c8-3-1-2-4-12-5-6-13-7(9,10)11/h12H,1-6H2. The van der Waals surface area contributed by atoms with Crippen LogP contribution in [0.3, 0.4) is 0 Å². The van der Waals surface area contributed by atoms with E-state index in [0.717, 1.165) is 24.7 Å². The van der Waals surface area contributed by atoms with Crippen molar-refractivity contribution in [2.45, 2.75) is 18.3 Å². The third-order valence-electron chi connectivity index (χ3n) is 1.28. The van der Waals surface area contributed by atoms with Gasteiger partial charge >= 0.3 is 5.51 Å². The molecule has 0 unspecified atom stereocenters. The van der Waals surface area contributed by atoms with E-state index in [1.54, 1.807) is 0 Å². The highest BCUT2D eigenvalue weighted by Gasteiger charge is 2.27. The van der Waals surface area contributed by atoms with E-state index in [1.165, 1.54) is 0 Å². The Labute approximate surface area is 89.0 Å². The molecular weight excluding hydrogens is 267 g/mol. The van der Waals surface area contributed by atoms with Crippen LogP contribution in [0.15, 0.2) is 0 Å². The summed E-state index contributed by atoms with van der Waals surface area (Å²) in [6, 6.07) is 0. The number of unbranched alkanes of at least 4 members (excludes halogenated alkanes) is 1. The van der Waals surface area contributed by atoms with Crippen molar-refractivity contribution >= 4 is 27.7 Å². The highest BCUT2D eigenvalue weighted by Crippen LogP contribution is 2.29. The molecule has 13 heavy (non-hydrogen) atoms. The molecule has 0 heterocycles. The van der Waals surface area contributed by atoms with Gasteiger partial charge in [-0.2, -0.15) is 13.2 Å². The van der Waals surface area contributed by atoms with Crippen LogP contribution in [0.5, 0.6) is 0 Å². The predicted molar refractivity (Wildman–Crippen MR) is 54.4 cm³/mol. The molecule has 0 aliphatic rings. The molecule has 0 fully saturated rings. The van der Waals surface area contributed by atoms with Gasteiger partial charge in [0.15, 0.2) is 0 Å². The summed E-state index contributed by atoms with van der Waals surface area (Å²) >= 11 is 3.30. The lowest BCUT2D eigenvalue weighted by Gasteiger charge is -2.06. The number of rotatable bonds is 7. The SMILES string of the molecule is FC(F)(F)SCCNCCCCBr. The summed E-state index contributed by atoms with van der Waals surface area (Å²) in [7, 11) is 0. The lowest BCUT2D eigenvalue weighted by molar-refractivity contribution is -0.0327. The van der Waals surface area contributed by atoms with Crippen molar-refractivity contribution in [2.24, 2.45) is 0 Å². The minimum atomic E-state index is -4.09. The second-order valence-electron chi connectivity index (χ2n) is 2.44. The monoisotopic (exact) mass is 279 g/mol. The zero-order chi connectivity index (χ0) is 10.2. The van der Waals surface area contributed by atoms with Crippen LogP contribution in [-0.4, -0.2) is 29.7 Å². The molecule has 0 spiro atoms. The summed E-state index contributed by atoms with van der Waals surface area (Å²) in [5.74, 6) is 0.0951. The molecule has 0 aromatic carbocycles. The van der Waals surface area contributed by atoms with Gasteiger partial charge in [0.05, 0.1) is 0 Å². The maximum atomic E-state index is 11.6. The Hall–Kier alpha value is 0.580. The molecule has 0 bridgehead atoms. The summed E-state index contributed by atoms with van der Waals surface area (Å²) in [6.07, 6.45) is 2.06. The molecule has 0 saturated heterocycles. The summed E-state index contributed by atoms with van der Waals surface area (Å²) in [4.78, 5) is 0. The van der Waals surface area contributed by atoms with Gasteiger partial charge in [0, 0.05) is 17.6 Å². The molecule has 0 aromatic heterocycles. The van der Waals surface area contributed by atoms with E-state index < -0.39 is 5.51 Å². The smallest absolute Gasteiger partial charge is 0.316 e. The van der Waals surface area contributed by atoms with Gasteiger partial charge in [-0.1, -0.05) is 15.9 Å². The van der Waals surface area contributed by atoms with Gasteiger partial charge in [0.25, 0.3) is 0 Å². The van der Waals surface area contributed by atoms with Crippen LogP contribution in [0.1, 0.15) is 12.8 Å². The van der Waals surface area contributed by atoms with Gasteiger partial charge < -0.3 is 5.32 Å². The van der Waals surface area contributed by atoms with Crippen molar-refractivity contribution in [1.29, 1.82) is 0 Å². The summed E-state index contributed by atoms with van der Waals surface area (Å²) in [5, 5.41) is 3.90. The summed E-state index contributed by atoms with van der Waals surface area (Å²) in [6.45, 7) is 1.22. The fourth-order valence-electron chi connectivity index (χ4n) is 0.708. The van der Waals surface area contributed by atoms with Crippen LogP contribution < -0.4 is 5.32 Å². The first-order chi connectivity index (χ1) is 6.06. The van der Waals surface area contributed by atoms with E-state index >= 15 is 0 Å². The summed E-state index contributed by atoms with van der Waals surface area (Å²) < 4.78 is 34.8. The second-order valence-corrected chi connectivity index (χ2v) is 4.39. The third kappa shape index (κ3) is 12.6. The van der Waals surface area contributed by atoms with Gasteiger partial charge in [0.1, 0.15) is 0 Å². The van der Waals surface area contributed by atoms with E-state index in [1.807, 2.05) is 0 Å². The number of nitrogens with one attached hydrogen (secondary N) is 1. The van der Waals surface area contributed by atoms with E-state index in [0.29, 0.717) is 6.54 Å². The van der Waals surface area contributed by atoms with Crippen LogP contribution >= 0.6 is 27.7 Å². The fraction of sp³-hybridized carbons (Fsp3) is 1.00. The number of hydrogen-bond acceptors (Lipinski definition) is 2. The van der Waals surface area contributed by atoms with E-state index in [-0.39, 0.29) is 17.5 Å². The molecule has 0 aliphatic carbocycles. The molecular formula is C7H13BrF3NS. The number of hydrogen-bond donors (Lipinski definition) is 1. The van der Waals surface area contributed by atoms with Crippen LogP contribution in [0, 0.1) is 0 Å². The van der Waals surface area contributed by atoms with Crippen LogP contribution in [0.4, 0.5) is 13.2 Å². The van der Waals surface area contributed by atoms with Gasteiger partial charge in [-0.3, -0.25) is 0 Å². The quantitative estimate of drug-likeness (QED) is 0.568. The van der Waals surface area contributed by atoms with Gasteiger partial charge in [-0.05, 0) is 31.1 Å². The highest BCUT2D eigenvalue weighted by molar-refractivity contribution is 9.09. The van der Waals surface area contributed by atoms with Crippen molar-refractivity contribution in [3.8, 4) is 0 Å². The minimum Gasteiger partial charge on any atom is -0.316 e. The fourth-order valence-corrected chi connectivity index (χ4v) is 1.58. The van der Waals surface area contributed by atoms with Crippen molar-refractivity contribution in [3.63, 3.8) is 0 Å². The Kier molecular flexibility index (Phi) is 8.29. The largest absolute Gasteiger partial charge is 0.441 e. The number of thioether (sulfide) groups is 1. The number of halogens is 4. The molecule has 0 aromatic rings. The van der Waals surface area contributed by atoms with E-state index in [4.69, 9.17) is 0 Å². The normalized spacial score (nSPS) is 12.0. The first-order valence-corrected chi connectivity index (χ1v) is 6.14. The van der Waals surface area contributed by atoms with Crippen molar-refractivity contribution in [1.82, 2.24) is 5.32 Å². The minimum absolute atomic E-state index is 0.0256. The van der Waals surface area contributed by atoms with E-state index in [2.05, 4.69) is 21.2 Å². The average molecular weight is 280 g/mol. The third-order valence-corrected chi connectivity index (χ3v) is 2.58. The highest BCUT2D eigenvalue weighted by atomic mass is 79.9. The molecule has 0 rings (SSSR count). The first-order valence-electron chi connectivity index (χ1n) is 4.03. The molecule has 1 N–H and O–H groups in total. The molecule has 0 aliphatic heterocycles. The molecule has 80 valence electrons. The Balaban J connectivity index is 3.00. The Morgan fingerprint density at radius 2 is 1.85 bits per heavy atom. The zero-order valence-corrected chi connectivity index (χ0v) is 9.57. The Morgan fingerprint density at radius 1 is 1.15 bits per heavy atom. The first kappa shape index (κ1) is 13.6. The lowest BCUT2D eigenvalue weighted by atomic mass is 10.3. The van der Waals surface area contributed by atoms with E-state index in [9.17, 15) is 13.2 Å². The zero-order valence-electron chi connectivity index (χ0n) is 7.16. The molecule has 0 saturated carbocycles. The topological polar surface area (TPSA) is 12.0 Å². The van der Waals surface area contributed by atoms with Crippen molar-refractivity contribution in [2.75, 3.05) is 24.2 Å². The Bertz CT molecular complexity index is 121. The maximum Gasteiger partial charge on any atom is 0.441 e. The molecule has 0 radical (unpaired) electrons. The number of alkyl halides is 4. The molecule has 0 atom stereocenters. The van der Waals surface area contributed by atoms with Crippen LogP contribution in [-0.2, 0) is 0 Å². The van der Waals surface area contributed by atoms with Gasteiger partial charge in [-0.25, -0.2) is 0 Å². The predicted octanol–water partition coefficient (Wildman–Crippen LogP) is 3.00. The second kappa shape index (κ2) is 7.94. The van der Waals surface area contributed by atoms with Gasteiger partial charge in [-0.15, -0.1) is 0 Å². The maximum absolute atomic E-state index is 11.6. The van der Waals surface area contributed by atoms with Crippen LogP contribution in [0.25, 0.3) is 0 Å². The lowest BCUT2D eigenvalue weighted by Crippen LogP contribution is -2.20.